The van der Waals surface area contributed by atoms with Gasteiger partial charge in [-0.05, 0) is 66.9 Å². The van der Waals surface area contributed by atoms with Crippen molar-refractivity contribution in [2.45, 2.75) is 32.0 Å². The van der Waals surface area contributed by atoms with Crippen LogP contribution in [0.4, 0.5) is 5.69 Å². The monoisotopic (exact) mass is 551 g/mol. The number of carboxylic acids is 1. The number of sulfonamides is 1. The largest absolute Gasteiger partial charge is 0.491 e. The van der Waals surface area contributed by atoms with E-state index in [1.165, 1.54) is 0 Å². The number of hydrogen-bond donors (Lipinski definition) is 4. The van der Waals surface area contributed by atoms with Gasteiger partial charge in [-0.25, -0.2) is 13.2 Å². The van der Waals surface area contributed by atoms with E-state index in [2.05, 4.69) is 10.0 Å². The Hall–Kier alpha value is -3.86. The van der Waals surface area contributed by atoms with E-state index >= 15 is 0 Å². The first-order chi connectivity index (χ1) is 18.6. The topological polar surface area (TPSA) is 130 Å². The molecule has 0 bridgehead atoms. The number of nitrogens with one attached hydrogen (secondary N) is 2. The van der Waals surface area contributed by atoms with Gasteiger partial charge >= 0.3 is 5.97 Å². The number of nitrogens with zero attached hydrogens (tertiary/aromatic N) is 1. The number of hydrogen-bond acceptors (Lipinski definition) is 6. The van der Waals surface area contributed by atoms with Crippen LogP contribution in [-0.4, -0.2) is 60.7 Å². The first-order valence-corrected chi connectivity index (χ1v) is 14.5. The van der Waals surface area contributed by atoms with Crippen molar-refractivity contribution in [2.75, 3.05) is 24.1 Å². The maximum Gasteiger partial charge on any atom is 0.352 e. The minimum absolute atomic E-state index is 0.0777. The van der Waals surface area contributed by atoms with Gasteiger partial charge < -0.3 is 24.8 Å². The van der Waals surface area contributed by atoms with Crippen molar-refractivity contribution in [1.82, 2.24) is 9.88 Å². The van der Waals surface area contributed by atoms with Crippen LogP contribution >= 0.6 is 0 Å². The molecule has 0 radical (unpaired) electrons. The number of fused-ring (bicyclic) bond motifs is 1. The fraction of sp³-hybridized carbons (Fsp3) is 0.276. The molecule has 3 aromatic carbocycles. The molecule has 9 nitrogen and oxygen atoms in total. The lowest BCUT2D eigenvalue weighted by molar-refractivity contribution is 0.0686. The van der Waals surface area contributed by atoms with E-state index in [1.54, 1.807) is 34.9 Å². The third-order valence-corrected chi connectivity index (χ3v) is 6.82. The lowest BCUT2D eigenvalue weighted by Crippen LogP contribution is -2.37. The molecule has 1 heterocycles. The lowest BCUT2D eigenvalue weighted by atomic mass is 10.0. The standard InChI is InChI=1S/C29H33N3O6S/c1-20(30-17-25(33)19-38-26-6-4-3-5-7-26)14-22-10-13-27-23(15-22)16-28(29(34)35)32(27)18-21-8-11-24(12-9-21)31-39(2,36)37/h3-13,15-16,20,25,30-31,33H,14,17-19H2,1-2H3,(H,34,35)/t20-,25+/m1/s1. The number of para-hydroxylation sites is 1. The molecular formula is C29H33N3O6S. The molecule has 0 spiro atoms. The molecule has 2 atom stereocenters. The molecule has 0 aliphatic carbocycles. The number of ether oxygens (including phenoxy) is 1. The van der Waals surface area contributed by atoms with E-state index in [9.17, 15) is 23.4 Å². The number of rotatable bonds is 13. The van der Waals surface area contributed by atoms with Gasteiger partial charge in [-0.3, -0.25) is 4.72 Å². The summed E-state index contributed by atoms with van der Waals surface area (Å²) in [7, 11) is -3.38. The molecular weight excluding hydrogens is 518 g/mol. The number of benzene rings is 3. The van der Waals surface area contributed by atoms with E-state index in [1.807, 2.05) is 55.5 Å². The first-order valence-electron chi connectivity index (χ1n) is 12.6. The maximum atomic E-state index is 12.0. The van der Waals surface area contributed by atoms with Gasteiger partial charge in [0.1, 0.15) is 24.2 Å². The van der Waals surface area contributed by atoms with Crippen LogP contribution in [0.1, 0.15) is 28.5 Å². The van der Waals surface area contributed by atoms with Gasteiger partial charge in [-0.15, -0.1) is 0 Å². The van der Waals surface area contributed by atoms with Gasteiger partial charge in [0.25, 0.3) is 0 Å². The van der Waals surface area contributed by atoms with Crippen LogP contribution in [0.15, 0.2) is 78.9 Å². The normalized spacial score (nSPS) is 13.2. The van der Waals surface area contributed by atoms with Crippen molar-refractivity contribution in [2.24, 2.45) is 0 Å². The van der Waals surface area contributed by atoms with E-state index < -0.39 is 22.1 Å². The number of carbonyl (C=O) groups is 1. The van der Waals surface area contributed by atoms with Gasteiger partial charge in [0.05, 0.1) is 6.26 Å². The number of aromatic nitrogens is 1. The molecule has 0 aliphatic rings. The fourth-order valence-corrected chi connectivity index (χ4v) is 4.96. The van der Waals surface area contributed by atoms with E-state index in [0.29, 0.717) is 30.9 Å². The van der Waals surface area contributed by atoms with E-state index in [0.717, 1.165) is 28.3 Å². The Labute approximate surface area is 228 Å². The minimum atomic E-state index is -3.38. The van der Waals surface area contributed by atoms with Crippen LogP contribution < -0.4 is 14.8 Å². The molecule has 0 aliphatic heterocycles. The molecule has 0 amide bonds. The highest BCUT2D eigenvalue weighted by atomic mass is 32.2. The summed E-state index contributed by atoms with van der Waals surface area (Å²) in [6, 6.07) is 23.8. The van der Waals surface area contributed by atoms with Crippen molar-refractivity contribution < 1.29 is 28.2 Å². The maximum absolute atomic E-state index is 12.0. The molecule has 0 saturated heterocycles. The lowest BCUT2D eigenvalue weighted by Gasteiger charge is -2.18. The Kier molecular flexibility index (Phi) is 8.90. The summed E-state index contributed by atoms with van der Waals surface area (Å²) < 4.78 is 32.6. The van der Waals surface area contributed by atoms with Gasteiger partial charge in [0.15, 0.2) is 0 Å². The second-order valence-corrected chi connectivity index (χ2v) is 11.4. The fourth-order valence-electron chi connectivity index (χ4n) is 4.40. The summed E-state index contributed by atoms with van der Waals surface area (Å²) in [4.78, 5) is 12.0. The van der Waals surface area contributed by atoms with Gasteiger partial charge in [0, 0.05) is 35.7 Å². The molecule has 206 valence electrons. The number of carboxylic acid groups (broad SMARTS) is 1. The van der Waals surface area contributed by atoms with Crippen LogP contribution in [0.5, 0.6) is 5.75 Å². The van der Waals surface area contributed by atoms with E-state index in [-0.39, 0.29) is 18.3 Å². The third kappa shape index (κ3) is 8.06. The van der Waals surface area contributed by atoms with Crippen LogP contribution in [0.25, 0.3) is 10.9 Å². The Bertz CT molecular complexity index is 1520. The van der Waals surface area contributed by atoms with Crippen LogP contribution in [0, 0.1) is 0 Å². The van der Waals surface area contributed by atoms with Crippen molar-refractivity contribution in [3.8, 4) is 5.75 Å². The average molecular weight is 552 g/mol. The zero-order chi connectivity index (χ0) is 28.0. The smallest absolute Gasteiger partial charge is 0.352 e. The average Bonchev–Trinajstić information content (AvgIpc) is 3.25. The minimum Gasteiger partial charge on any atom is -0.491 e. The summed E-state index contributed by atoms with van der Waals surface area (Å²) in [5, 5.41) is 24.2. The Balaban J connectivity index is 1.40. The number of aliphatic hydroxyl groups is 1. The summed E-state index contributed by atoms with van der Waals surface area (Å²) in [5.74, 6) is -0.309. The summed E-state index contributed by atoms with van der Waals surface area (Å²) >= 11 is 0. The predicted molar refractivity (Wildman–Crippen MR) is 152 cm³/mol. The number of anilines is 1. The summed E-state index contributed by atoms with van der Waals surface area (Å²) in [6.45, 7) is 2.93. The van der Waals surface area contributed by atoms with Crippen molar-refractivity contribution >= 4 is 32.6 Å². The summed E-state index contributed by atoms with van der Waals surface area (Å²) in [6.07, 6.45) is 1.13. The molecule has 10 heteroatoms. The quantitative estimate of drug-likeness (QED) is 0.199. The highest BCUT2D eigenvalue weighted by Crippen LogP contribution is 2.24. The van der Waals surface area contributed by atoms with Crippen LogP contribution in [-0.2, 0) is 23.0 Å². The van der Waals surface area contributed by atoms with E-state index in [4.69, 9.17) is 4.74 Å². The molecule has 1 aromatic heterocycles. The second-order valence-electron chi connectivity index (χ2n) is 9.68. The Morgan fingerprint density at radius 1 is 1.00 bits per heavy atom. The second kappa shape index (κ2) is 12.3. The number of aliphatic hydroxyl groups excluding tert-OH is 1. The molecule has 4 aromatic rings. The highest BCUT2D eigenvalue weighted by Gasteiger charge is 2.16. The van der Waals surface area contributed by atoms with Gasteiger partial charge in [-0.1, -0.05) is 36.4 Å². The highest BCUT2D eigenvalue weighted by molar-refractivity contribution is 7.92. The first kappa shape index (κ1) is 28.2. The SMILES string of the molecule is C[C@H](Cc1ccc2c(c1)cc(C(=O)O)n2Cc1ccc(NS(C)(=O)=O)cc1)NC[C@H](O)COc1ccccc1. The Morgan fingerprint density at radius 3 is 2.36 bits per heavy atom. The molecule has 4 rings (SSSR count). The van der Waals surface area contributed by atoms with Gasteiger partial charge in [-0.2, -0.15) is 0 Å². The summed E-state index contributed by atoms with van der Waals surface area (Å²) in [5.41, 5.74) is 3.30. The molecule has 0 unspecified atom stereocenters. The molecule has 0 saturated carbocycles. The van der Waals surface area contributed by atoms with Crippen molar-refractivity contribution in [3.63, 3.8) is 0 Å². The van der Waals surface area contributed by atoms with Crippen LogP contribution in [0.2, 0.25) is 0 Å². The predicted octanol–water partition coefficient (Wildman–Crippen LogP) is 3.72. The van der Waals surface area contributed by atoms with Gasteiger partial charge in [0.2, 0.25) is 10.0 Å². The molecule has 4 N–H and O–H groups in total. The van der Waals surface area contributed by atoms with Crippen molar-refractivity contribution in [3.05, 3.63) is 95.7 Å². The third-order valence-electron chi connectivity index (χ3n) is 6.21. The van der Waals surface area contributed by atoms with Crippen LogP contribution in [0.3, 0.4) is 0 Å². The van der Waals surface area contributed by atoms with Crippen molar-refractivity contribution in [1.29, 1.82) is 0 Å². The molecule has 0 fully saturated rings. The zero-order valence-electron chi connectivity index (χ0n) is 21.9. The molecule has 39 heavy (non-hydrogen) atoms. The number of aromatic carboxylic acids is 1. The Morgan fingerprint density at radius 2 is 1.69 bits per heavy atom. The zero-order valence-corrected chi connectivity index (χ0v) is 22.7.